The predicted molar refractivity (Wildman–Crippen MR) is 67.2 cm³/mol. The van der Waals surface area contributed by atoms with E-state index in [1.54, 1.807) is 0 Å². The van der Waals surface area contributed by atoms with Gasteiger partial charge in [0.25, 0.3) is 0 Å². The zero-order valence-corrected chi connectivity index (χ0v) is 11.1. The van der Waals surface area contributed by atoms with E-state index in [4.69, 9.17) is 0 Å². The second-order valence-electron chi connectivity index (χ2n) is 6.61. The highest BCUT2D eigenvalue weighted by molar-refractivity contribution is 5.98. The van der Waals surface area contributed by atoms with Crippen molar-refractivity contribution in [2.45, 2.75) is 59.8 Å². The third-order valence-electron chi connectivity index (χ3n) is 4.47. The highest BCUT2D eigenvalue weighted by Crippen LogP contribution is 2.45. The van der Waals surface area contributed by atoms with Gasteiger partial charge in [-0.2, -0.15) is 0 Å². The molecule has 2 atom stereocenters. The van der Waals surface area contributed by atoms with Crippen LogP contribution in [0.25, 0.3) is 0 Å². The third-order valence-corrected chi connectivity index (χ3v) is 4.47. The van der Waals surface area contributed by atoms with Gasteiger partial charge in [0.2, 0.25) is 0 Å². The molecule has 0 amide bonds. The van der Waals surface area contributed by atoms with Gasteiger partial charge in [0.1, 0.15) is 0 Å². The van der Waals surface area contributed by atoms with Gasteiger partial charge in [-0.3, -0.25) is 4.79 Å². The normalized spacial score (nSPS) is 31.6. The highest BCUT2D eigenvalue weighted by Gasteiger charge is 2.40. The molecule has 2 aliphatic carbocycles. The average Bonchev–Trinajstić information content (AvgIpc) is 2.22. The molecular formula is C15H24O. The Bertz CT molecular complexity index is 330. The van der Waals surface area contributed by atoms with Crippen LogP contribution >= 0.6 is 0 Å². The summed E-state index contributed by atoms with van der Waals surface area (Å²) in [5.41, 5.74) is 2.73. The summed E-state index contributed by atoms with van der Waals surface area (Å²) in [5, 5.41) is 0. The van der Waals surface area contributed by atoms with Crippen molar-refractivity contribution in [1.82, 2.24) is 0 Å². The van der Waals surface area contributed by atoms with E-state index in [0.29, 0.717) is 5.78 Å². The van der Waals surface area contributed by atoms with Crippen LogP contribution in [0.5, 0.6) is 0 Å². The molecule has 1 fully saturated rings. The van der Waals surface area contributed by atoms with E-state index in [-0.39, 0.29) is 11.3 Å². The number of allylic oxidation sites excluding steroid dienone is 2. The van der Waals surface area contributed by atoms with Crippen LogP contribution in [-0.4, -0.2) is 5.78 Å². The smallest absolute Gasteiger partial charge is 0.162 e. The van der Waals surface area contributed by atoms with Crippen molar-refractivity contribution in [2.75, 3.05) is 0 Å². The molecule has 0 spiro atoms. The first kappa shape index (κ1) is 11.9. The third kappa shape index (κ3) is 1.97. The van der Waals surface area contributed by atoms with Crippen LogP contribution < -0.4 is 0 Å². The Balaban J connectivity index is 2.32. The number of carbonyl (C=O) groups is 1. The molecule has 0 saturated heterocycles. The minimum absolute atomic E-state index is 0.126. The highest BCUT2D eigenvalue weighted by atomic mass is 16.1. The zero-order valence-electron chi connectivity index (χ0n) is 11.1. The predicted octanol–water partition coefficient (Wildman–Crippen LogP) is 4.13. The molecule has 0 aromatic heterocycles. The van der Waals surface area contributed by atoms with Crippen molar-refractivity contribution >= 4 is 5.78 Å². The fourth-order valence-electron chi connectivity index (χ4n) is 3.40. The molecule has 0 N–H and O–H groups in total. The van der Waals surface area contributed by atoms with Gasteiger partial charge in [0.15, 0.2) is 5.78 Å². The standard InChI is InChI=1S/C15H24O/c1-10-12-8-6-5-7-11(12)9-13(14(10)16)15(2,3)4/h11,13H,5-9H2,1-4H3. The molecule has 0 radical (unpaired) electrons. The molecule has 2 rings (SSSR count). The Morgan fingerprint density at radius 2 is 1.88 bits per heavy atom. The lowest BCUT2D eigenvalue weighted by Crippen LogP contribution is -2.36. The van der Waals surface area contributed by atoms with Crippen LogP contribution in [-0.2, 0) is 4.79 Å². The van der Waals surface area contributed by atoms with Crippen LogP contribution in [0.15, 0.2) is 11.1 Å². The van der Waals surface area contributed by atoms with Gasteiger partial charge < -0.3 is 0 Å². The van der Waals surface area contributed by atoms with Gasteiger partial charge in [-0.15, -0.1) is 0 Å². The molecule has 0 bridgehead atoms. The molecule has 1 saturated carbocycles. The van der Waals surface area contributed by atoms with Crippen LogP contribution in [0.2, 0.25) is 0 Å². The van der Waals surface area contributed by atoms with Gasteiger partial charge in [-0.05, 0) is 49.5 Å². The molecule has 16 heavy (non-hydrogen) atoms. The maximum Gasteiger partial charge on any atom is 0.162 e. The lowest BCUT2D eigenvalue weighted by atomic mass is 9.63. The van der Waals surface area contributed by atoms with Crippen molar-refractivity contribution in [2.24, 2.45) is 17.3 Å². The second kappa shape index (κ2) is 4.01. The minimum atomic E-state index is 0.126. The summed E-state index contributed by atoms with van der Waals surface area (Å²) < 4.78 is 0. The lowest BCUT2D eigenvalue weighted by Gasteiger charge is -2.40. The number of rotatable bonds is 0. The largest absolute Gasteiger partial charge is 0.294 e. The summed E-state index contributed by atoms with van der Waals surface area (Å²) in [6.45, 7) is 8.68. The Labute approximate surface area is 99.3 Å². The van der Waals surface area contributed by atoms with E-state index >= 15 is 0 Å². The maximum absolute atomic E-state index is 12.4. The number of hydrogen-bond donors (Lipinski definition) is 0. The minimum Gasteiger partial charge on any atom is -0.294 e. The van der Waals surface area contributed by atoms with Crippen molar-refractivity contribution in [3.05, 3.63) is 11.1 Å². The average molecular weight is 220 g/mol. The van der Waals surface area contributed by atoms with E-state index in [9.17, 15) is 4.79 Å². The number of Topliss-reactive ketones (excluding diaryl/α,β-unsaturated/α-hetero) is 1. The molecule has 0 aromatic rings. The van der Waals surface area contributed by atoms with Crippen molar-refractivity contribution < 1.29 is 4.79 Å². The fourth-order valence-corrected chi connectivity index (χ4v) is 3.40. The Kier molecular flexibility index (Phi) is 2.98. The first-order valence-corrected chi connectivity index (χ1v) is 6.65. The van der Waals surface area contributed by atoms with E-state index in [1.807, 2.05) is 0 Å². The van der Waals surface area contributed by atoms with E-state index in [1.165, 1.54) is 31.3 Å². The van der Waals surface area contributed by atoms with Crippen LogP contribution in [0.1, 0.15) is 59.8 Å². The van der Waals surface area contributed by atoms with Crippen molar-refractivity contribution in [3.8, 4) is 0 Å². The molecule has 2 unspecified atom stereocenters. The van der Waals surface area contributed by atoms with E-state index in [2.05, 4.69) is 27.7 Å². The fraction of sp³-hybridized carbons (Fsp3) is 0.800. The summed E-state index contributed by atoms with van der Waals surface area (Å²) in [6, 6.07) is 0. The maximum atomic E-state index is 12.4. The lowest BCUT2D eigenvalue weighted by molar-refractivity contribution is -0.123. The number of hydrogen-bond acceptors (Lipinski definition) is 1. The molecular weight excluding hydrogens is 196 g/mol. The SMILES string of the molecule is CC1=C2CCCCC2CC(C(C)(C)C)C1=O. The molecule has 0 aliphatic heterocycles. The van der Waals surface area contributed by atoms with Crippen molar-refractivity contribution in [1.29, 1.82) is 0 Å². The topological polar surface area (TPSA) is 17.1 Å². The first-order valence-electron chi connectivity index (χ1n) is 6.65. The van der Waals surface area contributed by atoms with Gasteiger partial charge in [0.05, 0.1) is 0 Å². The summed E-state index contributed by atoms with van der Waals surface area (Å²) in [6.07, 6.45) is 6.24. The molecule has 0 aromatic carbocycles. The zero-order chi connectivity index (χ0) is 11.9. The van der Waals surface area contributed by atoms with Gasteiger partial charge in [-0.25, -0.2) is 0 Å². The summed E-state index contributed by atoms with van der Waals surface area (Å²) in [5.74, 6) is 1.40. The monoisotopic (exact) mass is 220 g/mol. The number of ketones is 1. The first-order chi connectivity index (χ1) is 7.41. The van der Waals surface area contributed by atoms with Crippen molar-refractivity contribution in [3.63, 3.8) is 0 Å². The summed E-state index contributed by atoms with van der Waals surface area (Å²) in [7, 11) is 0. The Hall–Kier alpha value is -0.590. The van der Waals surface area contributed by atoms with Gasteiger partial charge >= 0.3 is 0 Å². The van der Waals surface area contributed by atoms with Gasteiger partial charge in [-0.1, -0.05) is 32.8 Å². The van der Waals surface area contributed by atoms with Gasteiger partial charge in [0, 0.05) is 5.92 Å². The van der Waals surface area contributed by atoms with E-state index < -0.39 is 0 Å². The van der Waals surface area contributed by atoms with Crippen LogP contribution in [0.4, 0.5) is 0 Å². The van der Waals surface area contributed by atoms with Crippen LogP contribution in [0, 0.1) is 17.3 Å². The number of fused-ring (bicyclic) bond motifs is 1. The molecule has 90 valence electrons. The number of carbonyl (C=O) groups excluding carboxylic acids is 1. The Morgan fingerprint density at radius 1 is 1.19 bits per heavy atom. The summed E-state index contributed by atoms with van der Waals surface area (Å²) in [4.78, 5) is 12.4. The molecule has 1 nitrogen and oxygen atoms in total. The second-order valence-corrected chi connectivity index (χ2v) is 6.61. The molecule has 2 aliphatic rings. The quantitative estimate of drug-likeness (QED) is 0.600. The summed E-state index contributed by atoms with van der Waals surface area (Å²) >= 11 is 0. The van der Waals surface area contributed by atoms with E-state index in [0.717, 1.165) is 17.9 Å². The molecule has 0 heterocycles. The van der Waals surface area contributed by atoms with Crippen LogP contribution in [0.3, 0.4) is 0 Å². The Morgan fingerprint density at radius 3 is 2.50 bits per heavy atom. The molecule has 1 heteroatoms.